The highest BCUT2D eigenvalue weighted by Gasteiger charge is 2.40. The number of carbonyl (C=O) groups is 3. The lowest BCUT2D eigenvalue weighted by molar-refractivity contribution is -0.123. The van der Waals surface area contributed by atoms with E-state index in [4.69, 9.17) is 0 Å². The second-order valence-corrected chi connectivity index (χ2v) is 9.11. The first kappa shape index (κ1) is 21.9. The topological polar surface area (TPSA) is 73.0 Å². The van der Waals surface area contributed by atoms with E-state index in [2.05, 4.69) is 10.2 Å². The maximum Gasteiger partial charge on any atom is 0.253 e. The number of fused-ring (bicyclic) bond motifs is 4. The molecule has 1 atom stereocenters. The van der Waals surface area contributed by atoms with Crippen LogP contribution in [0.5, 0.6) is 0 Å². The van der Waals surface area contributed by atoms with E-state index in [1.54, 1.807) is 31.1 Å². The Morgan fingerprint density at radius 2 is 1.79 bits per heavy atom. The van der Waals surface area contributed by atoms with E-state index < -0.39 is 0 Å². The van der Waals surface area contributed by atoms with Crippen molar-refractivity contribution in [2.75, 3.05) is 42.3 Å². The molecule has 1 unspecified atom stereocenters. The van der Waals surface area contributed by atoms with Gasteiger partial charge in [0.15, 0.2) is 0 Å². The Kier molecular flexibility index (Phi) is 5.69. The summed E-state index contributed by atoms with van der Waals surface area (Å²) < 4.78 is 0. The van der Waals surface area contributed by atoms with Gasteiger partial charge in [-0.05, 0) is 48.9 Å². The molecule has 1 fully saturated rings. The van der Waals surface area contributed by atoms with Gasteiger partial charge in [0.2, 0.25) is 11.8 Å². The second-order valence-electron chi connectivity index (χ2n) is 9.11. The fraction of sp³-hybridized carbons (Fsp3) is 0.296. The van der Waals surface area contributed by atoms with Crippen molar-refractivity contribution in [3.05, 3.63) is 66.2 Å². The highest BCUT2D eigenvalue weighted by molar-refractivity contribution is 6.12. The number of nitrogens with one attached hydrogen (secondary N) is 1. The van der Waals surface area contributed by atoms with Crippen LogP contribution < -0.4 is 15.1 Å². The number of rotatable bonds is 4. The summed E-state index contributed by atoms with van der Waals surface area (Å²) in [5, 5.41) is 4.97. The molecule has 0 radical (unpaired) electrons. The molecule has 174 valence electrons. The molecule has 2 aliphatic rings. The van der Waals surface area contributed by atoms with E-state index in [0.29, 0.717) is 16.9 Å². The fourth-order valence-corrected chi connectivity index (χ4v) is 4.98. The summed E-state index contributed by atoms with van der Waals surface area (Å²) in [6, 6.07) is 18.8. The van der Waals surface area contributed by atoms with Gasteiger partial charge < -0.3 is 15.1 Å². The van der Waals surface area contributed by atoms with Crippen LogP contribution in [0.2, 0.25) is 0 Å². The molecule has 3 aromatic rings. The van der Waals surface area contributed by atoms with Gasteiger partial charge >= 0.3 is 0 Å². The SMILES string of the molecule is CN(C)C(=O)c1ccc2c(c1)N(CC(=O)Nc1cccc3ccccc13)C(=O)C1CCCCN21. The Bertz CT molecular complexity index is 1280. The predicted molar refractivity (Wildman–Crippen MR) is 134 cm³/mol. The molecule has 34 heavy (non-hydrogen) atoms. The van der Waals surface area contributed by atoms with Crippen LogP contribution >= 0.6 is 0 Å². The Morgan fingerprint density at radius 3 is 2.62 bits per heavy atom. The van der Waals surface area contributed by atoms with Crippen LogP contribution in [0, 0.1) is 0 Å². The summed E-state index contributed by atoms with van der Waals surface area (Å²) >= 11 is 0. The zero-order valence-electron chi connectivity index (χ0n) is 19.5. The largest absolute Gasteiger partial charge is 0.358 e. The average Bonchev–Trinajstić information content (AvgIpc) is 2.86. The molecular formula is C27H28N4O3. The average molecular weight is 457 g/mol. The standard InChI is InChI=1S/C27H28N4O3/c1-29(2)26(33)19-13-14-22-24(16-19)31(27(34)23-12-5-6-15-30(22)23)17-25(32)28-21-11-7-9-18-8-3-4-10-20(18)21/h3-4,7-11,13-14,16,23H,5-6,12,15,17H2,1-2H3,(H,28,32). The van der Waals surface area contributed by atoms with Crippen LogP contribution in [0.15, 0.2) is 60.7 Å². The molecule has 2 heterocycles. The highest BCUT2D eigenvalue weighted by Crippen LogP contribution is 2.40. The van der Waals surface area contributed by atoms with Gasteiger partial charge in [0, 0.05) is 37.3 Å². The van der Waals surface area contributed by atoms with Crippen molar-refractivity contribution in [3.63, 3.8) is 0 Å². The molecule has 1 N–H and O–H groups in total. The van der Waals surface area contributed by atoms with Crippen molar-refractivity contribution in [2.24, 2.45) is 0 Å². The third-order valence-corrected chi connectivity index (χ3v) is 6.65. The summed E-state index contributed by atoms with van der Waals surface area (Å²) in [4.78, 5) is 44.5. The minimum atomic E-state index is -0.276. The maximum absolute atomic E-state index is 13.5. The number of carbonyl (C=O) groups excluding carboxylic acids is 3. The van der Waals surface area contributed by atoms with Gasteiger partial charge in [-0.2, -0.15) is 0 Å². The first-order valence-electron chi connectivity index (χ1n) is 11.7. The van der Waals surface area contributed by atoms with E-state index in [0.717, 1.165) is 42.3 Å². The van der Waals surface area contributed by atoms with Crippen molar-refractivity contribution < 1.29 is 14.4 Å². The van der Waals surface area contributed by atoms with Gasteiger partial charge in [-0.25, -0.2) is 0 Å². The van der Waals surface area contributed by atoms with Crippen LogP contribution in [-0.2, 0) is 9.59 Å². The molecule has 0 spiro atoms. The van der Waals surface area contributed by atoms with Crippen LogP contribution in [0.25, 0.3) is 10.8 Å². The molecule has 7 heteroatoms. The fourth-order valence-electron chi connectivity index (χ4n) is 4.98. The third kappa shape index (κ3) is 3.87. The molecule has 7 nitrogen and oxygen atoms in total. The number of anilines is 3. The van der Waals surface area contributed by atoms with Crippen molar-refractivity contribution in [1.82, 2.24) is 4.90 Å². The smallest absolute Gasteiger partial charge is 0.253 e. The number of nitrogens with zero attached hydrogens (tertiary/aromatic N) is 3. The molecule has 0 saturated carbocycles. The lowest BCUT2D eigenvalue weighted by Gasteiger charge is -2.45. The van der Waals surface area contributed by atoms with Gasteiger partial charge in [-0.3, -0.25) is 19.3 Å². The van der Waals surface area contributed by atoms with Gasteiger partial charge in [0.25, 0.3) is 5.91 Å². The minimum absolute atomic E-state index is 0.0882. The first-order valence-corrected chi connectivity index (χ1v) is 11.7. The lowest BCUT2D eigenvalue weighted by Crippen LogP contribution is -2.56. The molecular weight excluding hydrogens is 428 g/mol. The van der Waals surface area contributed by atoms with Crippen LogP contribution in [0.4, 0.5) is 17.1 Å². The summed E-state index contributed by atoms with van der Waals surface area (Å²) in [6.07, 6.45) is 2.76. The van der Waals surface area contributed by atoms with Gasteiger partial charge in [-0.15, -0.1) is 0 Å². The lowest BCUT2D eigenvalue weighted by atomic mass is 9.95. The van der Waals surface area contributed by atoms with E-state index >= 15 is 0 Å². The molecule has 5 rings (SSSR count). The maximum atomic E-state index is 13.5. The molecule has 0 aromatic heterocycles. The van der Waals surface area contributed by atoms with E-state index in [-0.39, 0.29) is 30.3 Å². The molecule has 0 bridgehead atoms. The summed E-state index contributed by atoms with van der Waals surface area (Å²) in [6.45, 7) is 0.680. The molecule has 3 amide bonds. The normalized spacial score (nSPS) is 17.2. The predicted octanol–water partition coefficient (Wildman–Crippen LogP) is 3.89. The molecule has 3 aromatic carbocycles. The monoisotopic (exact) mass is 456 g/mol. The van der Waals surface area contributed by atoms with E-state index in [1.165, 1.54) is 4.90 Å². The number of benzene rings is 3. The van der Waals surface area contributed by atoms with Crippen molar-refractivity contribution in [1.29, 1.82) is 0 Å². The van der Waals surface area contributed by atoms with Gasteiger partial charge in [-0.1, -0.05) is 36.4 Å². The summed E-state index contributed by atoms with van der Waals surface area (Å²) in [5.41, 5.74) is 2.72. The number of hydrogen-bond acceptors (Lipinski definition) is 4. The second kappa shape index (κ2) is 8.82. The van der Waals surface area contributed by atoms with Crippen molar-refractivity contribution in [2.45, 2.75) is 25.3 Å². The van der Waals surface area contributed by atoms with Crippen molar-refractivity contribution >= 4 is 45.6 Å². The molecule has 1 saturated heterocycles. The van der Waals surface area contributed by atoms with Crippen LogP contribution in [0.3, 0.4) is 0 Å². The summed E-state index contributed by atoms with van der Waals surface area (Å²) in [7, 11) is 3.39. The van der Waals surface area contributed by atoms with E-state index in [1.807, 2.05) is 48.5 Å². The van der Waals surface area contributed by atoms with Gasteiger partial charge in [0.1, 0.15) is 12.6 Å². The van der Waals surface area contributed by atoms with Crippen molar-refractivity contribution in [3.8, 4) is 0 Å². The molecule has 0 aliphatic carbocycles. The third-order valence-electron chi connectivity index (χ3n) is 6.65. The van der Waals surface area contributed by atoms with Gasteiger partial charge in [0.05, 0.1) is 11.4 Å². The minimum Gasteiger partial charge on any atom is -0.358 e. The molecule has 2 aliphatic heterocycles. The van der Waals surface area contributed by atoms with Crippen LogP contribution in [-0.4, -0.2) is 55.8 Å². The zero-order chi connectivity index (χ0) is 23.8. The summed E-state index contributed by atoms with van der Waals surface area (Å²) in [5.74, 6) is -0.504. The van der Waals surface area contributed by atoms with E-state index in [9.17, 15) is 14.4 Å². The Hall–Kier alpha value is -3.87. The quantitative estimate of drug-likeness (QED) is 0.647. The Balaban J connectivity index is 1.48. The number of piperidine rings is 1. The van der Waals surface area contributed by atoms with Crippen LogP contribution in [0.1, 0.15) is 29.6 Å². The Morgan fingerprint density at radius 1 is 1.00 bits per heavy atom. The number of hydrogen-bond donors (Lipinski definition) is 1. The zero-order valence-corrected chi connectivity index (χ0v) is 19.5. The first-order chi connectivity index (χ1) is 16.4. The number of amides is 3. The Labute approximate surface area is 198 Å². The highest BCUT2D eigenvalue weighted by atomic mass is 16.2.